The molecule has 0 bridgehead atoms. The molecule has 69 heavy (non-hydrogen) atoms. The van der Waals surface area contributed by atoms with Crippen LogP contribution >= 0.6 is 0 Å². The fraction of sp³-hybridized carbons (Fsp3) is 0.0435. The van der Waals surface area contributed by atoms with Crippen LogP contribution in [0.1, 0.15) is 50.1 Å². The Bertz CT molecular complexity index is 3700. The number of allylic oxidation sites excluding steroid dienone is 1. The first-order chi connectivity index (χ1) is 34.1. The molecule has 0 N–H and O–H groups in total. The summed E-state index contributed by atoms with van der Waals surface area (Å²) in [7, 11) is 0. The normalized spacial score (nSPS) is 18.6. The summed E-state index contributed by atoms with van der Waals surface area (Å²) in [4.78, 5) is 0. The summed E-state index contributed by atoms with van der Waals surface area (Å²) in [5.41, 5.74) is 20.2. The van der Waals surface area contributed by atoms with Crippen molar-refractivity contribution in [3.8, 4) is 91.4 Å². The van der Waals surface area contributed by atoms with Gasteiger partial charge in [-0.1, -0.05) is 255 Å². The van der Waals surface area contributed by atoms with Gasteiger partial charge in [-0.15, -0.1) is 19.4 Å². The Balaban J connectivity index is 1.31. The third-order valence-electron chi connectivity index (χ3n) is 15.5. The van der Waals surface area contributed by atoms with Crippen molar-refractivity contribution < 1.29 is 0 Å². The van der Waals surface area contributed by atoms with Crippen LogP contribution < -0.4 is 0 Å². The van der Waals surface area contributed by atoms with E-state index >= 15 is 0 Å². The van der Waals surface area contributed by atoms with Crippen molar-refractivity contribution in [2.45, 2.75) is 16.2 Å². The monoisotopic (exact) mass is 872 g/mol. The molecule has 0 aliphatic heterocycles. The van der Waals surface area contributed by atoms with Gasteiger partial charge in [0, 0.05) is 0 Å². The Labute approximate surface area is 405 Å². The van der Waals surface area contributed by atoms with Crippen molar-refractivity contribution in [2.75, 3.05) is 0 Å². The standard InChI is InChI=1S/C69H44/c1-4-67(55-40-22-16-34-49(55)46-28-10-7-11-29-46)58-43-25-19-37-52(58)61-64(67)62-53-38-20-26-44-59(53)68(5-2,56-41-23-17-35-50(56)47-30-12-8-13-31-47)66(62)63-54-39-21-27-45-60(54)69(6-3,65(61)63)57-42-24-18-36-51(57)48-32-14-9-15-33-48/h1-2,6-45H,3H2/t67-,68-,69-/m1/s1. The Morgan fingerprint density at radius 1 is 0.290 bits per heavy atom. The highest BCUT2D eigenvalue weighted by Gasteiger charge is 2.59. The molecule has 0 unspecified atom stereocenters. The summed E-state index contributed by atoms with van der Waals surface area (Å²) in [5.74, 6) is 7.31. The average molecular weight is 873 g/mol. The van der Waals surface area contributed by atoms with E-state index in [0.717, 1.165) is 117 Å². The Morgan fingerprint density at radius 2 is 0.536 bits per heavy atom. The maximum Gasteiger partial charge on any atom is 0.108 e. The molecule has 0 nitrogen and oxygen atoms in total. The summed E-state index contributed by atoms with van der Waals surface area (Å²) in [6, 6.07) is 85.2. The summed E-state index contributed by atoms with van der Waals surface area (Å²) < 4.78 is 0. The highest BCUT2D eigenvalue weighted by Crippen LogP contribution is 2.71. The van der Waals surface area contributed by atoms with Gasteiger partial charge in [0.1, 0.15) is 10.8 Å². The molecule has 0 saturated heterocycles. The van der Waals surface area contributed by atoms with Gasteiger partial charge in [-0.25, -0.2) is 0 Å². The van der Waals surface area contributed by atoms with Crippen molar-refractivity contribution in [2.24, 2.45) is 0 Å². The van der Waals surface area contributed by atoms with Crippen LogP contribution in [0, 0.1) is 24.7 Å². The number of rotatable bonds is 7. The lowest BCUT2D eigenvalue weighted by Crippen LogP contribution is -2.31. The van der Waals surface area contributed by atoms with Crippen LogP contribution in [-0.4, -0.2) is 0 Å². The van der Waals surface area contributed by atoms with Crippen LogP contribution in [0.4, 0.5) is 0 Å². The van der Waals surface area contributed by atoms with Gasteiger partial charge in [0.2, 0.25) is 0 Å². The molecule has 0 amide bonds. The van der Waals surface area contributed by atoms with Crippen LogP contribution in [0.15, 0.2) is 249 Å². The van der Waals surface area contributed by atoms with E-state index in [0.29, 0.717) is 0 Å². The zero-order valence-corrected chi connectivity index (χ0v) is 38.0. The number of fused-ring (bicyclic) bond motifs is 12. The molecule has 10 aromatic rings. The highest BCUT2D eigenvalue weighted by molar-refractivity contribution is 6.09. The largest absolute Gasteiger partial charge is 0.118 e. The number of terminal acetylenes is 2. The Kier molecular flexibility index (Phi) is 8.95. The van der Waals surface area contributed by atoms with Crippen LogP contribution in [-0.2, 0) is 16.2 Å². The second-order valence-corrected chi connectivity index (χ2v) is 18.4. The third-order valence-corrected chi connectivity index (χ3v) is 15.5. The number of hydrogen-bond acceptors (Lipinski definition) is 0. The zero-order chi connectivity index (χ0) is 46.3. The highest BCUT2D eigenvalue weighted by atomic mass is 14.6. The molecule has 3 aliphatic carbocycles. The SMILES string of the molecule is C#C[C@@]1(c2ccccc2-c2ccccc2)c2ccccc2-c2c1c1c(c3c2[C@](C=C)(c2ccccc2-c2ccccc2)c2ccccc2-3)[C@](C#C)(c2ccccc2-c2ccccc2)c2ccccc2-1. The van der Waals surface area contributed by atoms with Gasteiger partial charge in [0.25, 0.3) is 0 Å². The van der Waals surface area contributed by atoms with Crippen LogP contribution in [0.25, 0.3) is 66.8 Å². The van der Waals surface area contributed by atoms with Gasteiger partial charge in [0.15, 0.2) is 0 Å². The molecule has 10 aromatic carbocycles. The molecule has 0 fully saturated rings. The Hall–Kier alpha value is -8.94. The minimum absolute atomic E-state index is 0.873. The van der Waals surface area contributed by atoms with Crippen molar-refractivity contribution in [3.05, 3.63) is 299 Å². The quantitative estimate of drug-likeness (QED) is 0.111. The average Bonchev–Trinajstić information content (AvgIpc) is 4.02. The molecular formula is C69H44. The molecule has 13 rings (SSSR count). The molecule has 0 heterocycles. The van der Waals surface area contributed by atoms with E-state index < -0.39 is 16.2 Å². The molecule has 0 aromatic heterocycles. The van der Waals surface area contributed by atoms with Crippen molar-refractivity contribution >= 4 is 0 Å². The molecule has 0 heteroatoms. The van der Waals surface area contributed by atoms with Crippen molar-refractivity contribution in [1.82, 2.24) is 0 Å². The first-order valence-corrected chi connectivity index (χ1v) is 23.7. The lowest BCUT2D eigenvalue weighted by Gasteiger charge is -2.37. The van der Waals surface area contributed by atoms with E-state index in [-0.39, 0.29) is 0 Å². The van der Waals surface area contributed by atoms with Gasteiger partial charge in [-0.2, -0.15) is 0 Å². The smallest absolute Gasteiger partial charge is 0.108 e. The predicted molar refractivity (Wildman–Crippen MR) is 286 cm³/mol. The zero-order valence-electron chi connectivity index (χ0n) is 38.0. The first-order valence-electron chi connectivity index (χ1n) is 23.7. The predicted octanol–water partition coefficient (Wildman–Crippen LogP) is 16.1. The van der Waals surface area contributed by atoms with E-state index in [1.165, 1.54) is 0 Å². The minimum atomic E-state index is -1.07. The Morgan fingerprint density at radius 3 is 0.884 bits per heavy atom. The molecule has 320 valence electrons. The third kappa shape index (κ3) is 5.21. The molecule has 3 atom stereocenters. The van der Waals surface area contributed by atoms with E-state index in [1.807, 2.05) is 0 Å². The van der Waals surface area contributed by atoms with Gasteiger partial charge in [-0.3, -0.25) is 0 Å². The summed E-state index contributed by atoms with van der Waals surface area (Å²) in [6.07, 6.45) is 17.1. The fourth-order valence-electron chi connectivity index (χ4n) is 12.9. The van der Waals surface area contributed by atoms with Gasteiger partial charge in [0.05, 0.1) is 5.41 Å². The molecule has 3 aliphatic rings. The topological polar surface area (TPSA) is 0 Å². The summed E-state index contributed by atoms with van der Waals surface area (Å²) in [6.45, 7) is 4.89. The summed E-state index contributed by atoms with van der Waals surface area (Å²) in [5, 5.41) is 0. The van der Waals surface area contributed by atoms with E-state index in [9.17, 15) is 0 Å². The second kappa shape index (κ2) is 15.3. The number of benzene rings is 10. The van der Waals surface area contributed by atoms with Crippen LogP contribution in [0.5, 0.6) is 0 Å². The van der Waals surface area contributed by atoms with Crippen molar-refractivity contribution in [1.29, 1.82) is 0 Å². The minimum Gasteiger partial charge on any atom is -0.118 e. The lowest BCUT2D eigenvalue weighted by atomic mass is 9.63. The van der Waals surface area contributed by atoms with E-state index in [2.05, 4.69) is 255 Å². The maximum atomic E-state index is 7.43. The van der Waals surface area contributed by atoms with E-state index in [4.69, 9.17) is 19.4 Å². The number of hydrogen-bond donors (Lipinski definition) is 0. The molecular weight excluding hydrogens is 829 g/mol. The van der Waals surface area contributed by atoms with Crippen molar-refractivity contribution in [3.63, 3.8) is 0 Å². The van der Waals surface area contributed by atoms with Gasteiger partial charge in [-0.05, 0) is 117 Å². The second-order valence-electron chi connectivity index (χ2n) is 18.4. The summed E-state index contributed by atoms with van der Waals surface area (Å²) >= 11 is 0. The molecule has 0 saturated carbocycles. The molecule has 0 radical (unpaired) electrons. The van der Waals surface area contributed by atoms with E-state index in [1.54, 1.807) is 0 Å². The van der Waals surface area contributed by atoms with Crippen LogP contribution in [0.2, 0.25) is 0 Å². The first kappa shape index (κ1) is 40.3. The molecule has 0 spiro atoms. The van der Waals surface area contributed by atoms with Crippen LogP contribution in [0.3, 0.4) is 0 Å². The maximum absolute atomic E-state index is 7.43. The van der Waals surface area contributed by atoms with Gasteiger partial charge < -0.3 is 0 Å². The lowest BCUT2D eigenvalue weighted by molar-refractivity contribution is 0.794. The fourth-order valence-corrected chi connectivity index (χ4v) is 12.9. The van der Waals surface area contributed by atoms with Gasteiger partial charge >= 0.3 is 0 Å².